The Balaban J connectivity index is 1.43. The van der Waals surface area contributed by atoms with Crippen LogP contribution >= 0.6 is 46.6 Å². The molecule has 1 fully saturated rings. The first-order chi connectivity index (χ1) is 18.3. The molecule has 0 unspecified atom stereocenters. The Morgan fingerprint density at radius 3 is 2.47 bits per heavy atom. The van der Waals surface area contributed by atoms with E-state index in [1.54, 1.807) is 12.0 Å². The minimum atomic E-state index is -0.0905. The minimum Gasteiger partial charge on any atom is -0.493 e. The van der Waals surface area contributed by atoms with Crippen molar-refractivity contribution in [2.45, 2.75) is 33.2 Å². The van der Waals surface area contributed by atoms with Crippen LogP contribution in [0.3, 0.4) is 0 Å². The number of aryl methyl sites for hydroxylation is 1. The highest BCUT2D eigenvalue weighted by atomic mass is 127. The number of rotatable bonds is 10. The monoisotopic (exact) mass is 659 g/mol. The predicted octanol–water partition coefficient (Wildman–Crippen LogP) is 7.59. The van der Waals surface area contributed by atoms with Crippen molar-refractivity contribution in [1.82, 2.24) is 4.90 Å². The molecule has 0 aliphatic carbocycles. The van der Waals surface area contributed by atoms with Gasteiger partial charge < -0.3 is 14.2 Å². The molecular formula is C30H30INO4S2. The SMILES string of the molecule is COc1cc(C=C2SC(=S)N(Cc3ccccc3)C2=O)cc(I)c1OCCOc1cc(C)ccc1C(C)C. The Morgan fingerprint density at radius 2 is 1.76 bits per heavy atom. The van der Waals surface area contributed by atoms with Crippen molar-refractivity contribution >= 4 is 62.9 Å². The average Bonchev–Trinajstić information content (AvgIpc) is 3.15. The highest BCUT2D eigenvalue weighted by molar-refractivity contribution is 14.1. The van der Waals surface area contributed by atoms with E-state index in [-0.39, 0.29) is 5.91 Å². The number of carbonyl (C=O) groups excluding carboxylic acids is 1. The second-order valence-electron chi connectivity index (χ2n) is 9.18. The van der Waals surface area contributed by atoms with E-state index >= 15 is 0 Å². The molecule has 0 atom stereocenters. The molecule has 5 nitrogen and oxygen atoms in total. The fraction of sp³-hybridized carbons (Fsp3) is 0.267. The lowest BCUT2D eigenvalue weighted by molar-refractivity contribution is -0.122. The smallest absolute Gasteiger partial charge is 0.266 e. The molecule has 198 valence electrons. The van der Waals surface area contributed by atoms with Crippen LogP contribution in [0.5, 0.6) is 17.2 Å². The van der Waals surface area contributed by atoms with E-state index in [0.29, 0.717) is 46.4 Å². The van der Waals surface area contributed by atoms with Gasteiger partial charge in [-0.3, -0.25) is 9.69 Å². The zero-order valence-corrected chi connectivity index (χ0v) is 25.6. The standard InChI is InChI=1S/C30H30INO4S2/c1-19(2)23-11-10-20(3)14-25(23)35-12-13-36-28-24(31)15-22(16-26(28)34-4)17-27-29(33)32(30(37)38-27)18-21-8-6-5-7-9-21/h5-11,14-17,19H,12-13,18H2,1-4H3. The normalized spacial score (nSPS) is 14.5. The lowest BCUT2D eigenvalue weighted by Gasteiger charge is -2.17. The number of amides is 1. The first-order valence-electron chi connectivity index (χ1n) is 12.3. The number of thiocarbonyl (C=S) groups is 1. The van der Waals surface area contributed by atoms with Crippen LogP contribution in [0.4, 0.5) is 0 Å². The summed E-state index contributed by atoms with van der Waals surface area (Å²) in [7, 11) is 1.61. The third kappa shape index (κ3) is 6.90. The number of nitrogens with zero attached hydrogens (tertiary/aromatic N) is 1. The van der Waals surface area contributed by atoms with Crippen molar-refractivity contribution in [2.24, 2.45) is 0 Å². The van der Waals surface area contributed by atoms with E-state index in [2.05, 4.69) is 61.6 Å². The van der Waals surface area contributed by atoms with Crippen LogP contribution in [0.2, 0.25) is 0 Å². The lowest BCUT2D eigenvalue weighted by atomic mass is 10.0. The summed E-state index contributed by atoms with van der Waals surface area (Å²) in [6.07, 6.45) is 1.85. The number of methoxy groups -OCH3 is 1. The van der Waals surface area contributed by atoms with Crippen LogP contribution in [0.25, 0.3) is 6.08 Å². The van der Waals surface area contributed by atoms with Crippen LogP contribution in [0.15, 0.2) is 65.6 Å². The van der Waals surface area contributed by atoms with Gasteiger partial charge in [-0.1, -0.05) is 80.3 Å². The number of carbonyl (C=O) groups is 1. The Hall–Kier alpha value is -2.56. The molecule has 1 amide bonds. The number of halogens is 1. The predicted molar refractivity (Wildman–Crippen MR) is 167 cm³/mol. The zero-order chi connectivity index (χ0) is 27.2. The zero-order valence-electron chi connectivity index (χ0n) is 21.8. The molecule has 1 aliphatic heterocycles. The average molecular weight is 660 g/mol. The number of thioether (sulfide) groups is 1. The van der Waals surface area contributed by atoms with Crippen LogP contribution in [0.1, 0.15) is 42.0 Å². The molecule has 0 saturated carbocycles. The first kappa shape index (κ1) is 28.4. The van der Waals surface area contributed by atoms with Crippen LogP contribution in [-0.2, 0) is 11.3 Å². The van der Waals surface area contributed by atoms with Crippen LogP contribution < -0.4 is 14.2 Å². The first-order valence-corrected chi connectivity index (χ1v) is 14.6. The Kier molecular flexibility index (Phi) is 9.73. The van der Waals surface area contributed by atoms with Crippen molar-refractivity contribution in [2.75, 3.05) is 20.3 Å². The topological polar surface area (TPSA) is 48.0 Å². The molecule has 0 N–H and O–H groups in total. The quantitative estimate of drug-likeness (QED) is 0.0968. The van der Waals surface area contributed by atoms with Gasteiger partial charge in [-0.25, -0.2) is 0 Å². The molecule has 1 aliphatic rings. The fourth-order valence-electron chi connectivity index (χ4n) is 4.06. The molecule has 1 saturated heterocycles. The van der Waals surface area contributed by atoms with Crippen molar-refractivity contribution in [3.63, 3.8) is 0 Å². The maximum absolute atomic E-state index is 13.1. The molecule has 1 heterocycles. The summed E-state index contributed by atoms with van der Waals surface area (Å²) in [6, 6.07) is 20.0. The molecular weight excluding hydrogens is 629 g/mol. The molecule has 8 heteroatoms. The summed E-state index contributed by atoms with van der Waals surface area (Å²) in [6.45, 7) is 7.61. The molecule has 3 aromatic carbocycles. The molecule has 0 aromatic heterocycles. The highest BCUT2D eigenvalue weighted by Gasteiger charge is 2.32. The molecule has 3 aromatic rings. The summed E-state index contributed by atoms with van der Waals surface area (Å²) in [5.74, 6) is 2.43. The van der Waals surface area contributed by atoms with Gasteiger partial charge in [0.15, 0.2) is 11.5 Å². The van der Waals surface area contributed by atoms with Gasteiger partial charge in [-0.15, -0.1) is 0 Å². The lowest BCUT2D eigenvalue weighted by Crippen LogP contribution is -2.27. The highest BCUT2D eigenvalue weighted by Crippen LogP contribution is 2.38. The van der Waals surface area contributed by atoms with E-state index in [4.69, 9.17) is 26.4 Å². The Bertz CT molecular complexity index is 1360. The Labute approximate surface area is 247 Å². The Morgan fingerprint density at radius 1 is 1.03 bits per heavy atom. The van der Waals surface area contributed by atoms with Gasteiger partial charge in [0, 0.05) is 0 Å². The number of hydrogen-bond acceptors (Lipinski definition) is 6. The summed E-state index contributed by atoms with van der Waals surface area (Å²) >= 11 is 9.04. The van der Waals surface area contributed by atoms with E-state index in [0.717, 1.165) is 26.0 Å². The van der Waals surface area contributed by atoms with E-state index in [9.17, 15) is 4.79 Å². The third-order valence-corrected chi connectivity index (χ3v) is 8.16. The van der Waals surface area contributed by atoms with Gasteiger partial charge >= 0.3 is 0 Å². The van der Waals surface area contributed by atoms with Gasteiger partial charge in [0.25, 0.3) is 5.91 Å². The number of benzene rings is 3. The van der Waals surface area contributed by atoms with Gasteiger partial charge in [-0.2, -0.15) is 0 Å². The van der Waals surface area contributed by atoms with Gasteiger partial charge in [0.2, 0.25) is 0 Å². The molecule has 0 bridgehead atoms. The number of hydrogen-bond donors (Lipinski definition) is 0. The summed E-state index contributed by atoms with van der Waals surface area (Å²) in [5.41, 5.74) is 4.22. The van der Waals surface area contributed by atoms with Gasteiger partial charge in [0.05, 0.1) is 22.1 Å². The van der Waals surface area contributed by atoms with Crippen molar-refractivity contribution < 1.29 is 19.0 Å². The van der Waals surface area contributed by atoms with Crippen molar-refractivity contribution in [3.05, 3.63) is 91.4 Å². The van der Waals surface area contributed by atoms with Crippen molar-refractivity contribution in [1.29, 1.82) is 0 Å². The largest absolute Gasteiger partial charge is 0.493 e. The van der Waals surface area contributed by atoms with E-state index in [1.807, 2.05) is 48.5 Å². The van der Waals surface area contributed by atoms with Gasteiger partial charge in [-0.05, 0) is 82.0 Å². The number of ether oxygens (including phenoxy) is 3. The van der Waals surface area contributed by atoms with E-state index in [1.165, 1.54) is 17.3 Å². The van der Waals surface area contributed by atoms with E-state index < -0.39 is 0 Å². The molecule has 0 spiro atoms. The summed E-state index contributed by atoms with van der Waals surface area (Å²) in [4.78, 5) is 15.3. The fourth-order valence-corrected chi connectivity index (χ4v) is 6.09. The van der Waals surface area contributed by atoms with Gasteiger partial charge in [0.1, 0.15) is 23.3 Å². The minimum absolute atomic E-state index is 0.0905. The summed E-state index contributed by atoms with van der Waals surface area (Å²) in [5, 5.41) is 0. The van der Waals surface area contributed by atoms with Crippen LogP contribution in [0, 0.1) is 10.5 Å². The second-order valence-corrected chi connectivity index (χ2v) is 12.0. The molecule has 0 radical (unpaired) electrons. The summed E-state index contributed by atoms with van der Waals surface area (Å²) < 4.78 is 19.2. The third-order valence-electron chi connectivity index (χ3n) is 5.99. The van der Waals surface area contributed by atoms with Crippen molar-refractivity contribution in [3.8, 4) is 17.2 Å². The second kappa shape index (κ2) is 13.0. The molecule has 4 rings (SSSR count). The maximum atomic E-state index is 13.1. The maximum Gasteiger partial charge on any atom is 0.266 e. The van der Waals surface area contributed by atoms with Crippen LogP contribution in [-0.4, -0.2) is 35.5 Å². The molecule has 38 heavy (non-hydrogen) atoms.